The SMILES string of the molecule is CCOC(N)=O.NC(CO)Cc1ccccc1. The molecular weight excluding hydrogens is 220 g/mol. The van der Waals surface area contributed by atoms with Crippen molar-refractivity contribution in [2.24, 2.45) is 11.5 Å². The van der Waals surface area contributed by atoms with E-state index in [-0.39, 0.29) is 12.6 Å². The van der Waals surface area contributed by atoms with Gasteiger partial charge in [0.05, 0.1) is 13.2 Å². The maximum absolute atomic E-state index is 9.60. The van der Waals surface area contributed by atoms with Crippen molar-refractivity contribution in [1.29, 1.82) is 0 Å². The van der Waals surface area contributed by atoms with Crippen LogP contribution in [0.25, 0.3) is 0 Å². The molecule has 0 aliphatic rings. The lowest BCUT2D eigenvalue weighted by Gasteiger charge is -2.06. The fourth-order valence-electron chi connectivity index (χ4n) is 1.12. The third kappa shape index (κ3) is 9.35. The van der Waals surface area contributed by atoms with Gasteiger partial charge in [-0.15, -0.1) is 0 Å². The highest BCUT2D eigenvalue weighted by Crippen LogP contribution is 2.00. The lowest BCUT2D eigenvalue weighted by Crippen LogP contribution is -2.26. The normalized spacial score (nSPS) is 11.0. The second-order valence-electron chi connectivity index (χ2n) is 3.38. The summed E-state index contributed by atoms with van der Waals surface area (Å²) in [6.45, 7) is 2.11. The summed E-state index contributed by atoms with van der Waals surface area (Å²) in [6.07, 6.45) is 0.0367. The van der Waals surface area contributed by atoms with Crippen LogP contribution in [0.1, 0.15) is 12.5 Å². The van der Waals surface area contributed by atoms with E-state index in [1.807, 2.05) is 30.3 Å². The number of carbonyl (C=O) groups excluding carboxylic acids is 1. The first-order valence-electron chi connectivity index (χ1n) is 5.42. The van der Waals surface area contributed by atoms with Gasteiger partial charge < -0.3 is 21.3 Å². The summed E-state index contributed by atoms with van der Waals surface area (Å²) in [7, 11) is 0. The second-order valence-corrected chi connectivity index (χ2v) is 3.38. The summed E-state index contributed by atoms with van der Waals surface area (Å²) >= 11 is 0. The minimum atomic E-state index is -0.711. The summed E-state index contributed by atoms with van der Waals surface area (Å²) in [5.41, 5.74) is 11.3. The quantitative estimate of drug-likeness (QED) is 0.719. The van der Waals surface area contributed by atoms with E-state index in [0.717, 1.165) is 6.42 Å². The van der Waals surface area contributed by atoms with Gasteiger partial charge in [0, 0.05) is 6.04 Å². The van der Waals surface area contributed by atoms with E-state index in [1.54, 1.807) is 6.92 Å². The second kappa shape index (κ2) is 9.62. The van der Waals surface area contributed by atoms with Crippen LogP contribution in [0, 0.1) is 0 Å². The van der Waals surface area contributed by atoms with Crippen molar-refractivity contribution in [1.82, 2.24) is 0 Å². The molecule has 0 bridgehead atoms. The molecular formula is C12H20N2O3. The number of aliphatic hydroxyl groups excluding tert-OH is 1. The van der Waals surface area contributed by atoms with E-state index in [4.69, 9.17) is 10.8 Å². The van der Waals surface area contributed by atoms with Crippen molar-refractivity contribution in [3.63, 3.8) is 0 Å². The van der Waals surface area contributed by atoms with Crippen molar-refractivity contribution < 1.29 is 14.6 Å². The number of benzene rings is 1. The highest BCUT2D eigenvalue weighted by atomic mass is 16.5. The molecule has 0 radical (unpaired) electrons. The predicted octanol–water partition coefficient (Wildman–Crippen LogP) is 0.650. The smallest absolute Gasteiger partial charge is 0.404 e. The average molecular weight is 240 g/mol. The van der Waals surface area contributed by atoms with Crippen LogP contribution >= 0.6 is 0 Å². The number of hydrogen-bond donors (Lipinski definition) is 3. The van der Waals surface area contributed by atoms with Crippen LogP contribution in [-0.2, 0) is 11.2 Å². The van der Waals surface area contributed by atoms with Crippen LogP contribution < -0.4 is 11.5 Å². The predicted molar refractivity (Wildman–Crippen MR) is 66.4 cm³/mol. The van der Waals surface area contributed by atoms with E-state index in [0.29, 0.717) is 6.61 Å². The fourth-order valence-corrected chi connectivity index (χ4v) is 1.12. The number of rotatable bonds is 4. The first kappa shape index (κ1) is 15.4. The average Bonchev–Trinajstić information content (AvgIpc) is 2.31. The Bertz CT molecular complexity index is 304. The molecule has 5 heteroatoms. The molecule has 0 aliphatic carbocycles. The van der Waals surface area contributed by atoms with Crippen molar-refractivity contribution in [2.45, 2.75) is 19.4 Å². The van der Waals surface area contributed by atoms with E-state index in [2.05, 4.69) is 10.5 Å². The molecule has 5 nitrogen and oxygen atoms in total. The van der Waals surface area contributed by atoms with Gasteiger partial charge in [-0.1, -0.05) is 30.3 Å². The van der Waals surface area contributed by atoms with Crippen LogP contribution in [0.4, 0.5) is 4.79 Å². The molecule has 1 aromatic rings. The summed E-state index contributed by atoms with van der Waals surface area (Å²) in [5.74, 6) is 0. The van der Waals surface area contributed by atoms with Gasteiger partial charge in [-0.05, 0) is 18.9 Å². The first-order valence-corrected chi connectivity index (χ1v) is 5.42. The Morgan fingerprint density at radius 2 is 2.00 bits per heavy atom. The molecule has 0 saturated carbocycles. The third-order valence-electron chi connectivity index (χ3n) is 1.86. The lowest BCUT2D eigenvalue weighted by atomic mass is 10.1. The molecule has 1 atom stereocenters. The summed E-state index contributed by atoms with van der Waals surface area (Å²) in [5, 5.41) is 8.67. The standard InChI is InChI=1S/C9H13NO.C3H7NO2/c10-9(7-11)6-8-4-2-1-3-5-8;1-2-6-3(4)5/h1-5,9,11H,6-7,10H2;2H2,1H3,(H2,4,5). The number of ether oxygens (including phenoxy) is 1. The summed E-state index contributed by atoms with van der Waals surface area (Å²) in [4.78, 5) is 9.60. The third-order valence-corrected chi connectivity index (χ3v) is 1.86. The van der Waals surface area contributed by atoms with Gasteiger partial charge in [0.1, 0.15) is 0 Å². The highest BCUT2D eigenvalue weighted by Gasteiger charge is 1.99. The molecule has 5 N–H and O–H groups in total. The summed E-state index contributed by atoms with van der Waals surface area (Å²) in [6, 6.07) is 9.80. The maximum atomic E-state index is 9.60. The fraction of sp³-hybridized carbons (Fsp3) is 0.417. The monoisotopic (exact) mass is 240 g/mol. The Hall–Kier alpha value is -1.59. The zero-order chi connectivity index (χ0) is 13.1. The van der Waals surface area contributed by atoms with Crippen molar-refractivity contribution in [3.8, 4) is 0 Å². The van der Waals surface area contributed by atoms with Gasteiger partial charge in [0.15, 0.2) is 0 Å². The zero-order valence-electron chi connectivity index (χ0n) is 10.0. The molecule has 1 aromatic carbocycles. The topological polar surface area (TPSA) is 98.6 Å². The molecule has 1 rings (SSSR count). The Morgan fingerprint density at radius 3 is 2.35 bits per heavy atom. The van der Waals surface area contributed by atoms with E-state index >= 15 is 0 Å². The van der Waals surface area contributed by atoms with Gasteiger partial charge in [0.2, 0.25) is 0 Å². The molecule has 1 unspecified atom stereocenters. The lowest BCUT2D eigenvalue weighted by molar-refractivity contribution is 0.163. The minimum Gasteiger partial charge on any atom is -0.450 e. The number of amides is 1. The molecule has 1 amide bonds. The molecule has 17 heavy (non-hydrogen) atoms. The molecule has 0 spiro atoms. The molecule has 0 saturated heterocycles. The molecule has 0 fully saturated rings. The van der Waals surface area contributed by atoms with Gasteiger partial charge in [-0.25, -0.2) is 4.79 Å². The first-order chi connectivity index (χ1) is 8.10. The van der Waals surface area contributed by atoms with E-state index in [1.165, 1.54) is 5.56 Å². The van der Waals surface area contributed by atoms with Crippen LogP contribution in [0.15, 0.2) is 30.3 Å². The molecule has 0 aromatic heterocycles. The minimum absolute atomic E-state index is 0.0505. The van der Waals surface area contributed by atoms with Crippen LogP contribution in [-0.4, -0.2) is 30.5 Å². The highest BCUT2D eigenvalue weighted by molar-refractivity contribution is 5.64. The Balaban J connectivity index is 0.000000366. The van der Waals surface area contributed by atoms with Gasteiger partial charge in [0.25, 0.3) is 0 Å². The number of nitrogens with two attached hydrogens (primary N) is 2. The molecule has 0 heterocycles. The van der Waals surface area contributed by atoms with Crippen molar-refractivity contribution in [3.05, 3.63) is 35.9 Å². The number of aliphatic hydroxyl groups is 1. The van der Waals surface area contributed by atoms with Gasteiger partial charge in [-0.3, -0.25) is 0 Å². The molecule has 96 valence electrons. The van der Waals surface area contributed by atoms with E-state index in [9.17, 15) is 4.79 Å². The van der Waals surface area contributed by atoms with Crippen molar-refractivity contribution >= 4 is 6.09 Å². The molecule has 0 aliphatic heterocycles. The number of carbonyl (C=O) groups is 1. The van der Waals surface area contributed by atoms with Crippen LogP contribution in [0.2, 0.25) is 0 Å². The van der Waals surface area contributed by atoms with Crippen molar-refractivity contribution in [2.75, 3.05) is 13.2 Å². The van der Waals surface area contributed by atoms with Crippen LogP contribution in [0.5, 0.6) is 0 Å². The largest absolute Gasteiger partial charge is 0.450 e. The van der Waals surface area contributed by atoms with Gasteiger partial charge in [-0.2, -0.15) is 0 Å². The number of primary amides is 1. The van der Waals surface area contributed by atoms with E-state index < -0.39 is 6.09 Å². The maximum Gasteiger partial charge on any atom is 0.404 e. The Morgan fingerprint density at radius 1 is 1.41 bits per heavy atom. The summed E-state index contributed by atoms with van der Waals surface area (Å²) < 4.78 is 4.18. The Kier molecular flexibility index (Phi) is 8.72. The van der Waals surface area contributed by atoms with Crippen LogP contribution in [0.3, 0.4) is 0 Å². The Labute approximate surface area is 101 Å². The van der Waals surface area contributed by atoms with Gasteiger partial charge >= 0.3 is 6.09 Å². The zero-order valence-corrected chi connectivity index (χ0v) is 10.0. The number of hydrogen-bond acceptors (Lipinski definition) is 4.